The van der Waals surface area contributed by atoms with Crippen LogP contribution in [0.3, 0.4) is 0 Å². The van der Waals surface area contributed by atoms with Crippen LogP contribution < -0.4 is 4.74 Å². The Kier molecular flexibility index (Phi) is 2.74. The number of benzene rings is 1. The molecule has 1 aliphatic carbocycles. The van der Waals surface area contributed by atoms with E-state index in [1.165, 1.54) is 5.56 Å². The van der Waals surface area contributed by atoms with Gasteiger partial charge in [-0.3, -0.25) is 4.79 Å². The van der Waals surface area contributed by atoms with Crippen LogP contribution in [0.15, 0.2) is 10.5 Å². The molecule has 0 bridgehead atoms. The van der Waals surface area contributed by atoms with Gasteiger partial charge in [0.05, 0.1) is 6.61 Å². The Hall–Kier alpha value is -0.830. The number of ketones is 1. The molecule has 1 aromatic carbocycles. The summed E-state index contributed by atoms with van der Waals surface area (Å²) in [6.07, 6.45) is 3.66. The number of fused-ring (bicyclic) bond motifs is 3. The molecule has 2 aliphatic rings. The number of carbonyl (C=O) groups excluding carboxylic acids is 1. The molecule has 1 unspecified atom stereocenters. The van der Waals surface area contributed by atoms with Crippen LogP contribution in [0.2, 0.25) is 0 Å². The minimum atomic E-state index is 0.259. The van der Waals surface area contributed by atoms with Gasteiger partial charge in [-0.15, -0.1) is 0 Å². The van der Waals surface area contributed by atoms with Crippen molar-refractivity contribution in [2.75, 3.05) is 6.61 Å². The lowest BCUT2D eigenvalue weighted by atomic mass is 9.97. The Bertz CT molecular complexity index is 493. The maximum atomic E-state index is 12.3. The summed E-state index contributed by atoms with van der Waals surface area (Å²) in [4.78, 5) is 12.3. The smallest absolute Gasteiger partial charge is 0.164 e. The molecule has 0 aromatic heterocycles. The van der Waals surface area contributed by atoms with Gasteiger partial charge in [0.1, 0.15) is 5.75 Å². The summed E-state index contributed by atoms with van der Waals surface area (Å²) in [7, 11) is 0. The predicted octanol–water partition coefficient (Wildman–Crippen LogP) is 3.54. The average Bonchev–Trinajstić information content (AvgIpc) is 2.66. The fraction of sp³-hybridized carbons (Fsp3) is 0.500. The fourth-order valence-corrected chi connectivity index (χ4v) is 3.56. The Morgan fingerprint density at radius 1 is 1.41 bits per heavy atom. The Morgan fingerprint density at radius 2 is 2.24 bits per heavy atom. The molecule has 0 saturated carbocycles. The highest BCUT2D eigenvalue weighted by Crippen LogP contribution is 2.40. The number of carbonyl (C=O) groups is 1. The van der Waals surface area contributed by atoms with Crippen molar-refractivity contribution in [3.8, 4) is 5.75 Å². The van der Waals surface area contributed by atoms with Crippen molar-refractivity contribution < 1.29 is 9.53 Å². The van der Waals surface area contributed by atoms with Crippen LogP contribution >= 0.6 is 15.9 Å². The molecule has 1 aromatic rings. The van der Waals surface area contributed by atoms with Gasteiger partial charge < -0.3 is 4.74 Å². The summed E-state index contributed by atoms with van der Waals surface area (Å²) in [6, 6.07) is 2.06. The zero-order valence-corrected chi connectivity index (χ0v) is 11.5. The average molecular weight is 295 g/mol. The molecular weight excluding hydrogens is 280 g/mol. The minimum Gasteiger partial charge on any atom is -0.493 e. The molecule has 0 fully saturated rings. The number of ether oxygens (including phenoxy) is 1. The van der Waals surface area contributed by atoms with Gasteiger partial charge in [-0.2, -0.15) is 0 Å². The van der Waals surface area contributed by atoms with E-state index in [0.29, 0.717) is 12.3 Å². The van der Waals surface area contributed by atoms with Crippen molar-refractivity contribution in [1.82, 2.24) is 0 Å². The molecule has 0 spiro atoms. The zero-order valence-electron chi connectivity index (χ0n) is 9.88. The van der Waals surface area contributed by atoms with Crippen LogP contribution in [0.1, 0.15) is 41.3 Å². The third-order valence-electron chi connectivity index (χ3n) is 3.72. The molecule has 0 saturated heterocycles. The molecule has 2 nitrogen and oxygen atoms in total. The third-order valence-corrected chi connectivity index (χ3v) is 4.35. The van der Waals surface area contributed by atoms with E-state index in [4.69, 9.17) is 4.74 Å². The van der Waals surface area contributed by atoms with Crippen LogP contribution in [-0.2, 0) is 12.8 Å². The molecule has 0 N–H and O–H groups in total. The maximum absolute atomic E-state index is 12.3. The van der Waals surface area contributed by atoms with Gasteiger partial charge in [0.25, 0.3) is 0 Å². The number of hydrogen-bond acceptors (Lipinski definition) is 2. The van der Waals surface area contributed by atoms with Crippen LogP contribution in [0.5, 0.6) is 5.75 Å². The largest absolute Gasteiger partial charge is 0.493 e. The standard InChI is InChI=1S/C14H15BrO2/c1-8-2-3-10-13(12(16)6-8)11(15)7-9-4-5-17-14(9)10/h7-8H,2-6H2,1H3. The molecular formula is C14H15BrO2. The van der Waals surface area contributed by atoms with E-state index in [2.05, 4.69) is 28.9 Å². The Balaban J connectivity index is 2.20. The molecule has 17 heavy (non-hydrogen) atoms. The highest BCUT2D eigenvalue weighted by atomic mass is 79.9. The number of halogens is 1. The highest BCUT2D eigenvalue weighted by molar-refractivity contribution is 9.10. The number of hydrogen-bond donors (Lipinski definition) is 0. The summed E-state index contributed by atoms with van der Waals surface area (Å²) < 4.78 is 6.67. The van der Waals surface area contributed by atoms with Gasteiger partial charge in [0.2, 0.25) is 0 Å². The quantitative estimate of drug-likeness (QED) is 0.684. The molecule has 1 aliphatic heterocycles. The lowest BCUT2D eigenvalue weighted by molar-refractivity contribution is 0.0966. The van der Waals surface area contributed by atoms with E-state index in [9.17, 15) is 4.79 Å². The molecule has 3 heteroatoms. The molecule has 1 atom stereocenters. The van der Waals surface area contributed by atoms with E-state index in [-0.39, 0.29) is 5.78 Å². The van der Waals surface area contributed by atoms with Gasteiger partial charge >= 0.3 is 0 Å². The highest BCUT2D eigenvalue weighted by Gasteiger charge is 2.28. The summed E-state index contributed by atoms with van der Waals surface area (Å²) in [6.45, 7) is 2.90. The second-order valence-electron chi connectivity index (χ2n) is 5.07. The van der Waals surface area contributed by atoms with E-state index < -0.39 is 0 Å². The lowest BCUT2D eigenvalue weighted by Crippen LogP contribution is -2.05. The first-order valence-corrected chi connectivity index (χ1v) is 6.96. The van der Waals surface area contributed by atoms with Gasteiger partial charge in [-0.1, -0.05) is 22.9 Å². The topological polar surface area (TPSA) is 26.3 Å². The van der Waals surface area contributed by atoms with Gasteiger partial charge in [-0.25, -0.2) is 0 Å². The van der Waals surface area contributed by atoms with Crippen molar-refractivity contribution in [2.24, 2.45) is 5.92 Å². The molecule has 1 heterocycles. The zero-order chi connectivity index (χ0) is 12.0. The normalized spacial score (nSPS) is 22.7. The summed E-state index contributed by atoms with van der Waals surface area (Å²) in [5.74, 6) is 1.72. The van der Waals surface area contributed by atoms with Crippen LogP contribution in [0.4, 0.5) is 0 Å². The maximum Gasteiger partial charge on any atom is 0.164 e. The first kappa shape index (κ1) is 11.3. The van der Waals surface area contributed by atoms with E-state index in [0.717, 1.165) is 47.2 Å². The fourth-order valence-electron chi connectivity index (χ4n) is 2.82. The lowest BCUT2D eigenvalue weighted by Gasteiger charge is -2.12. The van der Waals surface area contributed by atoms with Gasteiger partial charge in [-0.05, 0) is 30.4 Å². The van der Waals surface area contributed by atoms with E-state index in [1.807, 2.05) is 0 Å². The number of Topliss-reactive ketones (excluding diaryl/α,β-unsaturated/α-hetero) is 1. The van der Waals surface area contributed by atoms with Gasteiger partial charge in [0.15, 0.2) is 5.78 Å². The van der Waals surface area contributed by atoms with E-state index in [1.54, 1.807) is 0 Å². The van der Waals surface area contributed by atoms with Crippen LogP contribution in [-0.4, -0.2) is 12.4 Å². The SMILES string of the molecule is CC1CCc2c3c(cc(Br)c2C(=O)C1)CCO3. The molecule has 0 radical (unpaired) electrons. The van der Waals surface area contributed by atoms with Crippen LogP contribution in [0.25, 0.3) is 0 Å². The van der Waals surface area contributed by atoms with Crippen molar-refractivity contribution in [1.29, 1.82) is 0 Å². The summed E-state index contributed by atoms with van der Waals surface area (Å²) >= 11 is 3.55. The molecule has 90 valence electrons. The van der Waals surface area contributed by atoms with Crippen LogP contribution in [0, 0.1) is 5.92 Å². The van der Waals surface area contributed by atoms with Crippen molar-refractivity contribution in [3.63, 3.8) is 0 Å². The second-order valence-corrected chi connectivity index (χ2v) is 5.92. The second kappa shape index (κ2) is 4.13. The molecule has 0 amide bonds. The minimum absolute atomic E-state index is 0.259. The summed E-state index contributed by atoms with van der Waals surface area (Å²) in [5, 5.41) is 0. The number of rotatable bonds is 0. The predicted molar refractivity (Wildman–Crippen MR) is 69.8 cm³/mol. The monoisotopic (exact) mass is 294 g/mol. The van der Waals surface area contributed by atoms with Crippen molar-refractivity contribution >= 4 is 21.7 Å². The summed E-state index contributed by atoms with van der Waals surface area (Å²) in [5.41, 5.74) is 3.26. The molecule has 3 rings (SSSR count). The Labute approximate surface area is 109 Å². The van der Waals surface area contributed by atoms with Gasteiger partial charge in [0, 0.05) is 28.4 Å². The first-order chi connectivity index (χ1) is 8.16. The van der Waals surface area contributed by atoms with Crippen molar-refractivity contribution in [3.05, 3.63) is 27.2 Å². The Morgan fingerprint density at radius 3 is 3.06 bits per heavy atom. The van der Waals surface area contributed by atoms with Crippen molar-refractivity contribution in [2.45, 2.75) is 32.6 Å². The first-order valence-electron chi connectivity index (χ1n) is 6.17. The third kappa shape index (κ3) is 1.81. The van der Waals surface area contributed by atoms with E-state index >= 15 is 0 Å².